The van der Waals surface area contributed by atoms with Gasteiger partial charge in [-0.05, 0) is 62.4 Å². The second-order valence-corrected chi connectivity index (χ2v) is 9.01. The van der Waals surface area contributed by atoms with E-state index in [1.54, 1.807) is 13.8 Å². The summed E-state index contributed by atoms with van der Waals surface area (Å²) >= 11 is 0. The maximum atomic E-state index is 13.1. The second-order valence-electron chi connectivity index (χ2n) is 9.01. The molecule has 14 heteroatoms. The molecule has 0 spiro atoms. The molecule has 0 atom stereocenters. The Morgan fingerprint density at radius 1 is 0.780 bits per heavy atom. The first-order chi connectivity index (χ1) is 19.6. The van der Waals surface area contributed by atoms with Crippen molar-refractivity contribution in [3.8, 4) is 12.0 Å². The topological polar surface area (TPSA) is 202 Å². The number of oxazole rings is 2. The van der Waals surface area contributed by atoms with Gasteiger partial charge in [-0.25, -0.2) is 9.59 Å². The minimum absolute atomic E-state index is 0.0312. The van der Waals surface area contributed by atoms with Crippen LogP contribution in [0.25, 0.3) is 46.4 Å². The van der Waals surface area contributed by atoms with E-state index in [0.717, 1.165) is 9.36 Å². The summed E-state index contributed by atoms with van der Waals surface area (Å²) in [6.45, 7) is 3.32. The fourth-order valence-electron chi connectivity index (χ4n) is 4.22. The van der Waals surface area contributed by atoms with Crippen molar-refractivity contribution in [1.29, 1.82) is 0 Å². The van der Waals surface area contributed by atoms with Crippen molar-refractivity contribution >= 4 is 46.3 Å². The van der Waals surface area contributed by atoms with Crippen molar-refractivity contribution in [2.24, 2.45) is 0 Å². The number of carbonyl (C=O) groups is 2. The van der Waals surface area contributed by atoms with E-state index < -0.39 is 23.1 Å². The van der Waals surface area contributed by atoms with Gasteiger partial charge in [0.1, 0.15) is 11.0 Å². The Hall–Kier alpha value is -6.14. The molecule has 2 aromatic carbocycles. The number of nitrogens with zero attached hydrogens (tertiary/aromatic N) is 4. The molecule has 204 valence electrons. The Morgan fingerprint density at radius 3 is 1.59 bits per heavy atom. The van der Waals surface area contributed by atoms with Crippen LogP contribution in [-0.2, 0) is 0 Å². The molecular weight excluding hydrogens is 536 g/mol. The minimum Gasteiger partial charge on any atom is -0.478 e. The highest BCUT2D eigenvalue weighted by Crippen LogP contribution is 2.21. The van der Waals surface area contributed by atoms with E-state index in [-0.39, 0.29) is 45.3 Å². The first-order valence-electron chi connectivity index (χ1n) is 11.9. The van der Waals surface area contributed by atoms with E-state index in [4.69, 9.17) is 8.83 Å². The molecule has 0 aliphatic heterocycles. The number of aryl methyl sites for hydroxylation is 2. The van der Waals surface area contributed by atoms with Crippen LogP contribution in [-0.4, -0.2) is 51.7 Å². The van der Waals surface area contributed by atoms with Gasteiger partial charge in [0.05, 0.1) is 22.3 Å². The van der Waals surface area contributed by atoms with Crippen LogP contribution < -0.4 is 11.1 Å². The third-order valence-electron chi connectivity index (χ3n) is 6.32. The number of nitrogens with one attached hydrogen (secondary N) is 2. The van der Waals surface area contributed by atoms with Crippen molar-refractivity contribution in [3.63, 3.8) is 0 Å². The average molecular weight is 554 g/mol. The van der Waals surface area contributed by atoms with Crippen LogP contribution in [0, 0.1) is 13.8 Å². The van der Waals surface area contributed by atoms with Crippen molar-refractivity contribution in [1.82, 2.24) is 29.5 Å². The van der Waals surface area contributed by atoms with Crippen molar-refractivity contribution in [2.75, 3.05) is 0 Å². The maximum Gasteiger partial charge on any atom is 0.335 e. The lowest BCUT2D eigenvalue weighted by Gasteiger charge is -1.91. The van der Waals surface area contributed by atoms with Crippen LogP contribution in [0.5, 0.6) is 0 Å². The van der Waals surface area contributed by atoms with Gasteiger partial charge in [-0.2, -0.15) is 19.3 Å². The average Bonchev–Trinajstić information content (AvgIpc) is 3.68. The molecule has 0 fully saturated rings. The summed E-state index contributed by atoms with van der Waals surface area (Å²) in [7, 11) is 0. The summed E-state index contributed by atoms with van der Waals surface area (Å²) < 4.78 is 13.4. The molecule has 4 aromatic heterocycles. The fourth-order valence-corrected chi connectivity index (χ4v) is 4.22. The lowest BCUT2D eigenvalue weighted by Crippen LogP contribution is -2.16. The summed E-state index contributed by atoms with van der Waals surface area (Å²) in [5.41, 5.74) is 4.50. The highest BCUT2D eigenvalue weighted by Gasteiger charge is 2.18. The predicted octanol–water partition coefficient (Wildman–Crippen LogP) is 3.27. The zero-order valence-corrected chi connectivity index (χ0v) is 21.3. The highest BCUT2D eigenvalue weighted by atomic mass is 16.4. The quantitative estimate of drug-likeness (QED) is 0.221. The molecule has 0 bridgehead atoms. The molecule has 0 aliphatic rings. The number of hydrogen-bond acceptors (Lipinski definition) is 8. The van der Waals surface area contributed by atoms with Gasteiger partial charge in [0, 0.05) is 11.4 Å². The Morgan fingerprint density at radius 2 is 1.20 bits per heavy atom. The van der Waals surface area contributed by atoms with Crippen LogP contribution in [0.2, 0.25) is 0 Å². The van der Waals surface area contributed by atoms with Gasteiger partial charge >= 0.3 is 24.0 Å². The lowest BCUT2D eigenvalue weighted by molar-refractivity contribution is 0.0686. The van der Waals surface area contributed by atoms with E-state index in [1.165, 1.54) is 48.6 Å². The van der Waals surface area contributed by atoms with Crippen LogP contribution in [0.4, 0.5) is 0 Å². The summed E-state index contributed by atoms with van der Waals surface area (Å²) in [5.74, 6) is -2.23. The van der Waals surface area contributed by atoms with E-state index in [9.17, 15) is 29.4 Å². The molecule has 6 rings (SSSR count). The largest absolute Gasteiger partial charge is 0.478 e. The van der Waals surface area contributed by atoms with Gasteiger partial charge in [0.15, 0.2) is 11.2 Å². The Kier molecular flexibility index (Phi) is 5.68. The predicted molar refractivity (Wildman–Crippen MR) is 144 cm³/mol. The normalized spacial score (nSPS) is 11.2. The number of aromatic amines is 2. The Balaban J connectivity index is 1.33. The van der Waals surface area contributed by atoms with E-state index >= 15 is 0 Å². The first-order valence-corrected chi connectivity index (χ1v) is 11.9. The van der Waals surface area contributed by atoms with Gasteiger partial charge in [-0.15, -0.1) is 5.73 Å². The van der Waals surface area contributed by atoms with Gasteiger partial charge in [0.25, 0.3) is 11.1 Å². The minimum atomic E-state index is -1.11. The number of fused-ring (bicyclic) bond motifs is 2. The molecule has 0 unspecified atom stereocenters. The van der Waals surface area contributed by atoms with Crippen molar-refractivity contribution < 1.29 is 28.6 Å². The molecule has 0 amide bonds. The van der Waals surface area contributed by atoms with Gasteiger partial charge < -0.3 is 19.0 Å². The van der Waals surface area contributed by atoms with E-state index in [1.807, 2.05) is 0 Å². The summed E-state index contributed by atoms with van der Waals surface area (Å²) in [6, 6.07) is 8.20. The standard InChI is InChI=1S/C27H18N6O8/c1-12-16(22(34)32(30-12)26-28-18-10-14(24(36)37)6-8-20(18)40-26)4-3-5-17-13(2)31-33(23(17)35)27-29-19-11-15(25(38)39)7-9-21(19)41-27/h4-11,30-31H,1-2H3,(H,36,37)(H,38,39). The summed E-state index contributed by atoms with van der Waals surface area (Å²) in [5, 5.41) is 24.1. The number of aromatic carboxylic acids is 2. The van der Waals surface area contributed by atoms with E-state index in [0.29, 0.717) is 22.6 Å². The van der Waals surface area contributed by atoms with Crippen LogP contribution in [0.3, 0.4) is 0 Å². The number of H-pyrrole nitrogens is 2. The Bertz CT molecular complexity index is 2070. The number of benzene rings is 2. The monoisotopic (exact) mass is 554 g/mol. The Labute approximate surface area is 227 Å². The van der Waals surface area contributed by atoms with Crippen molar-refractivity contribution in [3.05, 3.63) is 96.5 Å². The van der Waals surface area contributed by atoms with Crippen LogP contribution in [0.1, 0.15) is 43.2 Å². The van der Waals surface area contributed by atoms with Crippen molar-refractivity contribution in [2.45, 2.75) is 13.8 Å². The first kappa shape index (κ1) is 25.2. The zero-order chi connectivity index (χ0) is 29.0. The molecule has 4 heterocycles. The molecule has 0 radical (unpaired) electrons. The molecule has 0 saturated carbocycles. The van der Waals surface area contributed by atoms with E-state index in [2.05, 4.69) is 25.9 Å². The fraction of sp³-hybridized carbons (Fsp3) is 0.0741. The molecular formula is C27H18N6O8. The summed E-state index contributed by atoms with van der Waals surface area (Å²) in [4.78, 5) is 57.1. The molecule has 6 aromatic rings. The number of carboxylic acids is 2. The molecule has 0 saturated heterocycles. The number of hydrogen-bond donors (Lipinski definition) is 4. The van der Waals surface area contributed by atoms with Crippen LogP contribution >= 0.6 is 0 Å². The smallest absolute Gasteiger partial charge is 0.335 e. The number of rotatable bonds is 6. The third-order valence-corrected chi connectivity index (χ3v) is 6.32. The number of carboxylic acid groups (broad SMARTS) is 2. The maximum absolute atomic E-state index is 13.1. The van der Waals surface area contributed by atoms with Gasteiger partial charge in [-0.1, -0.05) is 0 Å². The molecule has 4 N–H and O–H groups in total. The zero-order valence-electron chi connectivity index (χ0n) is 21.3. The SMILES string of the molecule is Cc1[nH]n(-c2nc3cc(C(=O)O)ccc3o2)c(=O)c1C=C=Cc1c(C)[nH]n(-c2nc3cc(C(=O)O)ccc3o2)c1=O. The highest BCUT2D eigenvalue weighted by molar-refractivity contribution is 5.92. The van der Waals surface area contributed by atoms with Gasteiger partial charge in [0.2, 0.25) is 0 Å². The van der Waals surface area contributed by atoms with Crippen LogP contribution in [0.15, 0.2) is 60.6 Å². The molecule has 0 aliphatic carbocycles. The third kappa shape index (κ3) is 4.26. The second kappa shape index (κ2) is 9.25. The lowest BCUT2D eigenvalue weighted by atomic mass is 10.2. The number of aromatic nitrogens is 6. The summed E-state index contributed by atoms with van der Waals surface area (Å²) in [6.07, 6.45) is 2.80. The molecule has 41 heavy (non-hydrogen) atoms. The molecule has 14 nitrogen and oxygen atoms in total. The van der Waals surface area contributed by atoms with Gasteiger partial charge in [-0.3, -0.25) is 19.8 Å².